The second-order valence-corrected chi connectivity index (χ2v) is 13.6. The van der Waals surface area contributed by atoms with Crippen LogP contribution in [0.4, 0.5) is 0 Å². The van der Waals surface area contributed by atoms with E-state index in [2.05, 4.69) is 171 Å². The van der Waals surface area contributed by atoms with Gasteiger partial charge in [-0.05, 0) is 67.1 Å². The lowest BCUT2D eigenvalue weighted by molar-refractivity contribution is 0.548. The summed E-state index contributed by atoms with van der Waals surface area (Å²) in [7, 11) is 0. The molecule has 1 atom stereocenters. The molecule has 0 spiro atoms. The Hall–Kier alpha value is -5.24. The molecule has 0 amide bonds. The molecule has 9 rings (SSSR count). The molecule has 0 nitrogen and oxygen atoms in total. The minimum atomic E-state index is -0.168. The van der Waals surface area contributed by atoms with E-state index < -0.39 is 0 Å². The summed E-state index contributed by atoms with van der Waals surface area (Å²) in [6.07, 6.45) is 7.98. The van der Waals surface area contributed by atoms with Crippen LogP contribution in [0.1, 0.15) is 23.8 Å². The maximum Gasteiger partial charge on any atom is 0.0443 e. The minimum absolute atomic E-state index is 0.168. The van der Waals surface area contributed by atoms with Gasteiger partial charge in [-0.3, -0.25) is 0 Å². The zero-order valence-corrected chi connectivity index (χ0v) is 26.5. The molecular weight excluding hydrogens is 573 g/mol. The molecule has 0 saturated heterocycles. The van der Waals surface area contributed by atoms with E-state index in [4.69, 9.17) is 0 Å². The fourth-order valence-electron chi connectivity index (χ4n) is 7.81. The van der Waals surface area contributed by atoms with Crippen LogP contribution in [0.2, 0.25) is 0 Å². The van der Waals surface area contributed by atoms with Crippen molar-refractivity contribution in [1.29, 1.82) is 0 Å². The van der Waals surface area contributed by atoms with Crippen molar-refractivity contribution in [3.05, 3.63) is 190 Å². The molecule has 218 valence electrons. The van der Waals surface area contributed by atoms with Crippen molar-refractivity contribution in [2.45, 2.75) is 13.3 Å². The molecule has 46 heavy (non-hydrogen) atoms. The van der Waals surface area contributed by atoms with E-state index in [1.54, 1.807) is 0 Å². The van der Waals surface area contributed by atoms with Gasteiger partial charge in [0.1, 0.15) is 0 Å². The topological polar surface area (TPSA) is 0 Å². The predicted molar refractivity (Wildman–Crippen MR) is 197 cm³/mol. The highest BCUT2D eigenvalue weighted by Crippen LogP contribution is 2.54. The lowest BCUT2D eigenvalue weighted by Crippen LogP contribution is -2.42. The number of fused-ring (bicyclic) bond motifs is 4. The van der Waals surface area contributed by atoms with Crippen molar-refractivity contribution in [3.8, 4) is 22.3 Å². The fourth-order valence-corrected chi connectivity index (χ4v) is 9.25. The Bertz CT molecular complexity index is 2490. The van der Waals surface area contributed by atoms with Crippen LogP contribution in [0.25, 0.3) is 54.3 Å². The molecular formula is C45H32S. The zero-order valence-electron chi connectivity index (χ0n) is 25.7. The number of benzene rings is 6. The Morgan fingerprint density at radius 2 is 1.28 bits per heavy atom. The Balaban J connectivity index is 1.46. The van der Waals surface area contributed by atoms with Crippen LogP contribution in [-0.4, -0.2) is 0 Å². The summed E-state index contributed by atoms with van der Waals surface area (Å²) in [5.74, 6) is 0. The van der Waals surface area contributed by atoms with Gasteiger partial charge in [-0.15, -0.1) is 11.3 Å². The molecule has 6 aromatic carbocycles. The van der Waals surface area contributed by atoms with E-state index >= 15 is 0 Å². The van der Waals surface area contributed by atoms with E-state index in [0.717, 1.165) is 6.42 Å². The summed E-state index contributed by atoms with van der Waals surface area (Å²) in [5, 5.41) is 6.50. The molecule has 0 aliphatic heterocycles. The number of hydrogen-bond donors (Lipinski definition) is 0. The largest absolute Gasteiger partial charge is 0.134 e. The van der Waals surface area contributed by atoms with Crippen molar-refractivity contribution in [2.24, 2.45) is 5.41 Å². The van der Waals surface area contributed by atoms with Gasteiger partial charge in [0.2, 0.25) is 0 Å². The standard InChI is InChI=1S/C45H32S/c1-45-28-13-12-25-39(45)41(36-21-10-11-22-37(36)42(45)32-18-6-3-7-19-32)44-40(34-27-26-30-15-8-9-20-33(30)29-34)38-24-14-23-35(43(38)46-44)31-16-4-2-5-17-31/h2-27,29H,28H2,1H3. The number of hydrogen-bond acceptors (Lipinski definition) is 1. The van der Waals surface area contributed by atoms with Crippen LogP contribution in [0.3, 0.4) is 0 Å². The molecule has 1 aromatic heterocycles. The van der Waals surface area contributed by atoms with Crippen LogP contribution in [-0.2, 0) is 0 Å². The molecule has 1 unspecified atom stereocenters. The first-order valence-electron chi connectivity index (χ1n) is 16.1. The lowest BCUT2D eigenvalue weighted by atomic mass is 9.63. The highest BCUT2D eigenvalue weighted by Gasteiger charge is 2.40. The average Bonchev–Trinajstić information content (AvgIpc) is 3.50. The number of thiophene rings is 1. The van der Waals surface area contributed by atoms with Gasteiger partial charge in [0, 0.05) is 31.5 Å². The summed E-state index contributed by atoms with van der Waals surface area (Å²) < 4.78 is 1.34. The van der Waals surface area contributed by atoms with E-state index in [-0.39, 0.29) is 5.41 Å². The third-order valence-corrected chi connectivity index (χ3v) is 11.2. The summed E-state index contributed by atoms with van der Waals surface area (Å²) in [4.78, 5) is 1.35. The van der Waals surface area contributed by atoms with Crippen LogP contribution in [0, 0.1) is 5.41 Å². The average molecular weight is 605 g/mol. The monoisotopic (exact) mass is 604 g/mol. The molecule has 0 fully saturated rings. The highest BCUT2D eigenvalue weighted by atomic mass is 32.1. The van der Waals surface area contributed by atoms with Crippen molar-refractivity contribution in [2.75, 3.05) is 0 Å². The molecule has 0 saturated carbocycles. The second-order valence-electron chi connectivity index (χ2n) is 12.6. The Labute approximate surface area is 273 Å². The van der Waals surface area contributed by atoms with Crippen molar-refractivity contribution < 1.29 is 0 Å². The molecule has 1 heteroatoms. The summed E-state index contributed by atoms with van der Waals surface area (Å²) >= 11 is 1.96. The number of allylic oxidation sites excluding steroid dienone is 4. The summed E-state index contributed by atoms with van der Waals surface area (Å²) in [5.41, 5.74) is 10.5. The first-order valence-corrected chi connectivity index (χ1v) is 16.9. The van der Waals surface area contributed by atoms with Crippen LogP contribution in [0.5, 0.6) is 0 Å². The molecule has 7 aromatic rings. The summed E-state index contributed by atoms with van der Waals surface area (Å²) in [6.45, 7) is 2.46. The van der Waals surface area contributed by atoms with Gasteiger partial charge >= 0.3 is 0 Å². The smallest absolute Gasteiger partial charge is 0.0443 e. The maximum atomic E-state index is 2.46. The predicted octanol–water partition coefficient (Wildman–Crippen LogP) is 10.7. The Morgan fingerprint density at radius 3 is 2.09 bits per heavy atom. The quantitative estimate of drug-likeness (QED) is 0.187. The molecule has 0 radical (unpaired) electrons. The second kappa shape index (κ2) is 10.7. The van der Waals surface area contributed by atoms with E-state index in [1.807, 2.05) is 11.3 Å². The summed E-state index contributed by atoms with van der Waals surface area (Å²) in [6, 6.07) is 53.6. The van der Waals surface area contributed by atoms with Crippen LogP contribution >= 0.6 is 11.3 Å². The van der Waals surface area contributed by atoms with E-state index in [1.165, 1.54) is 80.7 Å². The third-order valence-electron chi connectivity index (χ3n) is 9.93. The van der Waals surface area contributed by atoms with Gasteiger partial charge < -0.3 is 0 Å². The molecule has 0 bridgehead atoms. The van der Waals surface area contributed by atoms with Gasteiger partial charge in [0.25, 0.3) is 0 Å². The van der Waals surface area contributed by atoms with Crippen molar-refractivity contribution >= 4 is 43.3 Å². The molecule has 2 aliphatic carbocycles. The van der Waals surface area contributed by atoms with E-state index in [9.17, 15) is 0 Å². The van der Waals surface area contributed by atoms with Crippen LogP contribution < -0.4 is 10.4 Å². The third kappa shape index (κ3) is 4.12. The van der Waals surface area contributed by atoms with Gasteiger partial charge in [0.05, 0.1) is 0 Å². The zero-order chi connectivity index (χ0) is 30.7. The fraction of sp³-hybridized carbons (Fsp3) is 0.0667. The molecule has 2 aliphatic rings. The Morgan fingerprint density at radius 1 is 0.587 bits per heavy atom. The SMILES string of the molecule is CC12CC=CC=C1C(c1sc3c(-c4ccccc4)cccc3c1-c1ccc3ccccc3c1)=c1ccccc1=C2c1ccccc1. The van der Waals surface area contributed by atoms with Gasteiger partial charge in [0.15, 0.2) is 0 Å². The van der Waals surface area contributed by atoms with Crippen LogP contribution in [0.15, 0.2) is 169 Å². The molecule has 0 N–H and O–H groups in total. The maximum absolute atomic E-state index is 2.46. The van der Waals surface area contributed by atoms with Gasteiger partial charge in [-0.2, -0.15) is 0 Å². The van der Waals surface area contributed by atoms with Crippen molar-refractivity contribution in [3.63, 3.8) is 0 Å². The first kappa shape index (κ1) is 27.1. The first-order chi connectivity index (χ1) is 22.7. The van der Waals surface area contributed by atoms with E-state index in [0.29, 0.717) is 0 Å². The number of rotatable bonds is 4. The Kier molecular flexibility index (Phi) is 6.30. The normalized spacial score (nSPS) is 17.2. The lowest BCUT2D eigenvalue weighted by Gasteiger charge is -2.40. The van der Waals surface area contributed by atoms with Gasteiger partial charge in [-0.1, -0.05) is 165 Å². The molecule has 1 heterocycles. The highest BCUT2D eigenvalue weighted by molar-refractivity contribution is 7.21. The minimum Gasteiger partial charge on any atom is -0.134 e. The van der Waals surface area contributed by atoms with Crippen molar-refractivity contribution in [1.82, 2.24) is 0 Å². The van der Waals surface area contributed by atoms with Gasteiger partial charge in [-0.25, -0.2) is 0 Å².